The highest BCUT2D eigenvalue weighted by molar-refractivity contribution is 5.71. The third kappa shape index (κ3) is 3.21. The van der Waals surface area contributed by atoms with E-state index in [0.717, 1.165) is 36.2 Å². The van der Waals surface area contributed by atoms with Gasteiger partial charge in [-0.2, -0.15) is 0 Å². The molecule has 0 spiro atoms. The van der Waals surface area contributed by atoms with Crippen LogP contribution in [0, 0.1) is 19.7 Å². The molecule has 1 aliphatic rings. The largest absolute Gasteiger partial charge is 0.372 e. The fourth-order valence-corrected chi connectivity index (χ4v) is 2.97. The molecule has 0 aromatic heterocycles. The number of aryl methyl sites for hydroxylation is 1. The highest BCUT2D eigenvalue weighted by Gasteiger charge is 2.16. The van der Waals surface area contributed by atoms with Gasteiger partial charge in [0.15, 0.2) is 0 Å². The van der Waals surface area contributed by atoms with Crippen LogP contribution in [-0.2, 0) is 11.3 Å². The quantitative estimate of drug-likeness (QED) is 0.921. The van der Waals surface area contributed by atoms with Crippen molar-refractivity contribution < 1.29 is 9.13 Å². The van der Waals surface area contributed by atoms with Crippen molar-refractivity contribution in [2.75, 3.05) is 13.1 Å². The number of hydrogen-bond acceptors (Lipinski definition) is 2. The smallest absolute Gasteiger partial charge is 0.123 e. The first-order valence-electron chi connectivity index (χ1n) is 7.82. The van der Waals surface area contributed by atoms with Crippen LogP contribution in [0.15, 0.2) is 36.4 Å². The molecule has 2 aromatic rings. The summed E-state index contributed by atoms with van der Waals surface area (Å²) < 4.78 is 19.6. The van der Waals surface area contributed by atoms with Crippen molar-refractivity contribution in [2.24, 2.45) is 0 Å². The molecular formula is C19H22FNO. The second-order valence-corrected chi connectivity index (χ2v) is 5.97. The molecule has 0 unspecified atom stereocenters. The molecule has 1 N–H and O–H groups in total. The summed E-state index contributed by atoms with van der Waals surface area (Å²) >= 11 is 0. The first-order chi connectivity index (χ1) is 10.6. The van der Waals surface area contributed by atoms with Gasteiger partial charge >= 0.3 is 0 Å². The van der Waals surface area contributed by atoms with Crippen molar-refractivity contribution in [1.29, 1.82) is 0 Å². The van der Waals surface area contributed by atoms with Gasteiger partial charge in [-0.3, -0.25) is 0 Å². The van der Waals surface area contributed by atoms with E-state index in [1.54, 1.807) is 6.07 Å². The van der Waals surface area contributed by atoms with Crippen LogP contribution < -0.4 is 5.32 Å². The molecular weight excluding hydrogens is 277 g/mol. The SMILES string of the molecule is Cc1cccc(-c2ccc(F)cc2CO[C@H]2CCNC2)c1C. The van der Waals surface area contributed by atoms with Gasteiger partial charge in [0, 0.05) is 6.54 Å². The Morgan fingerprint density at radius 1 is 1.18 bits per heavy atom. The van der Waals surface area contributed by atoms with Crippen LogP contribution in [0.5, 0.6) is 0 Å². The number of rotatable bonds is 4. The van der Waals surface area contributed by atoms with Crippen molar-refractivity contribution in [3.63, 3.8) is 0 Å². The predicted molar refractivity (Wildman–Crippen MR) is 87.4 cm³/mol. The van der Waals surface area contributed by atoms with Crippen LogP contribution in [0.4, 0.5) is 4.39 Å². The van der Waals surface area contributed by atoms with Gasteiger partial charge in [0.05, 0.1) is 12.7 Å². The Labute approximate surface area is 131 Å². The predicted octanol–water partition coefficient (Wildman–Crippen LogP) is 3.99. The average Bonchev–Trinajstić information content (AvgIpc) is 3.02. The van der Waals surface area contributed by atoms with Gasteiger partial charge in [-0.05, 0) is 66.8 Å². The van der Waals surface area contributed by atoms with Gasteiger partial charge in [0.1, 0.15) is 5.82 Å². The van der Waals surface area contributed by atoms with Crippen molar-refractivity contribution in [2.45, 2.75) is 33.0 Å². The molecule has 0 saturated carbocycles. The molecule has 1 saturated heterocycles. The summed E-state index contributed by atoms with van der Waals surface area (Å²) in [6.07, 6.45) is 1.25. The van der Waals surface area contributed by atoms with Gasteiger partial charge in [-0.15, -0.1) is 0 Å². The first-order valence-corrected chi connectivity index (χ1v) is 7.82. The average molecular weight is 299 g/mol. The minimum atomic E-state index is -0.211. The Kier molecular flexibility index (Phi) is 4.55. The fourth-order valence-electron chi connectivity index (χ4n) is 2.97. The zero-order chi connectivity index (χ0) is 15.5. The number of ether oxygens (including phenoxy) is 1. The molecule has 116 valence electrons. The maximum atomic E-state index is 13.7. The highest BCUT2D eigenvalue weighted by Crippen LogP contribution is 2.30. The molecule has 1 heterocycles. The van der Waals surface area contributed by atoms with E-state index in [1.807, 2.05) is 12.1 Å². The lowest BCUT2D eigenvalue weighted by Gasteiger charge is -2.16. The molecule has 1 atom stereocenters. The van der Waals surface area contributed by atoms with Crippen molar-refractivity contribution >= 4 is 0 Å². The maximum Gasteiger partial charge on any atom is 0.123 e. The summed E-state index contributed by atoms with van der Waals surface area (Å²) in [5, 5.41) is 3.28. The molecule has 1 fully saturated rings. The lowest BCUT2D eigenvalue weighted by atomic mass is 9.94. The number of nitrogens with one attached hydrogen (secondary N) is 1. The Bertz CT molecular complexity index is 662. The van der Waals surface area contributed by atoms with Crippen LogP contribution in [0.25, 0.3) is 11.1 Å². The molecule has 3 heteroatoms. The van der Waals surface area contributed by atoms with Crippen LogP contribution in [-0.4, -0.2) is 19.2 Å². The number of benzene rings is 2. The standard InChI is InChI=1S/C19H22FNO/c1-13-4-3-5-18(14(13)2)19-7-6-16(20)10-15(19)12-22-17-8-9-21-11-17/h3-7,10,17,21H,8-9,11-12H2,1-2H3/t17-/m0/s1. The Morgan fingerprint density at radius 2 is 2.05 bits per heavy atom. The normalized spacial score (nSPS) is 17.9. The minimum absolute atomic E-state index is 0.211. The highest BCUT2D eigenvalue weighted by atomic mass is 19.1. The van der Waals surface area contributed by atoms with Crippen LogP contribution in [0.3, 0.4) is 0 Å². The van der Waals surface area contributed by atoms with E-state index in [1.165, 1.54) is 17.2 Å². The van der Waals surface area contributed by atoms with Crippen molar-refractivity contribution in [3.05, 3.63) is 58.9 Å². The summed E-state index contributed by atoms with van der Waals surface area (Å²) in [4.78, 5) is 0. The van der Waals surface area contributed by atoms with Crippen LogP contribution in [0.2, 0.25) is 0 Å². The monoisotopic (exact) mass is 299 g/mol. The van der Waals surface area contributed by atoms with E-state index in [0.29, 0.717) is 6.61 Å². The van der Waals surface area contributed by atoms with Gasteiger partial charge in [0.25, 0.3) is 0 Å². The second kappa shape index (κ2) is 6.59. The zero-order valence-electron chi connectivity index (χ0n) is 13.2. The molecule has 0 bridgehead atoms. The fraction of sp³-hybridized carbons (Fsp3) is 0.368. The molecule has 1 aliphatic heterocycles. The third-order valence-electron chi connectivity index (χ3n) is 4.45. The first kappa shape index (κ1) is 15.2. The van der Waals surface area contributed by atoms with Crippen LogP contribution in [0.1, 0.15) is 23.1 Å². The topological polar surface area (TPSA) is 21.3 Å². The van der Waals surface area contributed by atoms with Crippen molar-refractivity contribution in [3.8, 4) is 11.1 Å². The second-order valence-electron chi connectivity index (χ2n) is 5.97. The Balaban J connectivity index is 1.91. The molecule has 0 aliphatic carbocycles. The molecule has 0 amide bonds. The molecule has 0 radical (unpaired) electrons. The lowest BCUT2D eigenvalue weighted by Crippen LogP contribution is -2.16. The van der Waals surface area contributed by atoms with Gasteiger partial charge in [-0.25, -0.2) is 4.39 Å². The van der Waals surface area contributed by atoms with Crippen LogP contribution >= 0.6 is 0 Å². The van der Waals surface area contributed by atoms with Gasteiger partial charge < -0.3 is 10.1 Å². The van der Waals surface area contributed by atoms with E-state index >= 15 is 0 Å². The third-order valence-corrected chi connectivity index (χ3v) is 4.45. The lowest BCUT2D eigenvalue weighted by molar-refractivity contribution is 0.0543. The molecule has 2 aromatic carbocycles. The summed E-state index contributed by atoms with van der Waals surface area (Å²) in [6.45, 7) is 6.54. The number of hydrogen-bond donors (Lipinski definition) is 1. The summed E-state index contributed by atoms with van der Waals surface area (Å²) in [7, 11) is 0. The van der Waals surface area contributed by atoms with E-state index in [9.17, 15) is 4.39 Å². The maximum absolute atomic E-state index is 13.7. The van der Waals surface area contributed by atoms with Gasteiger partial charge in [0.2, 0.25) is 0 Å². The zero-order valence-corrected chi connectivity index (χ0v) is 13.2. The molecule has 2 nitrogen and oxygen atoms in total. The van der Waals surface area contributed by atoms with Crippen molar-refractivity contribution in [1.82, 2.24) is 5.32 Å². The van der Waals surface area contributed by atoms with E-state index < -0.39 is 0 Å². The number of halogens is 1. The Morgan fingerprint density at radius 3 is 2.82 bits per heavy atom. The summed E-state index contributed by atoms with van der Waals surface area (Å²) in [6, 6.07) is 11.2. The van der Waals surface area contributed by atoms with E-state index in [4.69, 9.17) is 4.74 Å². The summed E-state index contributed by atoms with van der Waals surface area (Å²) in [5.74, 6) is -0.211. The molecule has 22 heavy (non-hydrogen) atoms. The van der Waals surface area contributed by atoms with Gasteiger partial charge in [-0.1, -0.05) is 24.3 Å². The summed E-state index contributed by atoms with van der Waals surface area (Å²) in [5.41, 5.74) is 5.61. The van der Waals surface area contributed by atoms with E-state index in [-0.39, 0.29) is 11.9 Å². The Hall–Kier alpha value is -1.71. The van der Waals surface area contributed by atoms with E-state index in [2.05, 4.69) is 31.3 Å². The molecule has 3 rings (SSSR count). The minimum Gasteiger partial charge on any atom is -0.372 e.